The summed E-state index contributed by atoms with van der Waals surface area (Å²) in [7, 11) is 0. The smallest absolute Gasteiger partial charge is 0.257 e. The van der Waals surface area contributed by atoms with E-state index >= 15 is 0 Å². The molecular formula is C19H21Cl2NO2S. The first kappa shape index (κ1) is 20.0. The molecule has 1 amide bonds. The number of carbonyl (C=O) groups excluding carboxylic acids is 1. The van der Waals surface area contributed by atoms with Crippen molar-refractivity contribution in [1.29, 1.82) is 0 Å². The molecule has 134 valence electrons. The molecule has 0 bridgehead atoms. The topological polar surface area (TPSA) is 38.3 Å². The Labute approximate surface area is 163 Å². The minimum absolute atomic E-state index is 0.0281. The van der Waals surface area contributed by atoms with Crippen molar-refractivity contribution in [3.8, 4) is 5.75 Å². The van der Waals surface area contributed by atoms with Crippen LogP contribution in [0.5, 0.6) is 5.75 Å². The van der Waals surface area contributed by atoms with Gasteiger partial charge in [-0.25, -0.2) is 0 Å². The van der Waals surface area contributed by atoms with E-state index in [1.165, 1.54) is 0 Å². The fraction of sp³-hybridized carbons (Fsp3) is 0.316. The fourth-order valence-electron chi connectivity index (χ4n) is 2.30. The van der Waals surface area contributed by atoms with E-state index in [0.717, 1.165) is 33.9 Å². The average Bonchev–Trinajstić information content (AvgIpc) is 2.55. The molecule has 0 heterocycles. The number of hydrogen-bond donors (Lipinski definition) is 1. The van der Waals surface area contributed by atoms with Gasteiger partial charge in [0, 0.05) is 18.1 Å². The Morgan fingerprint density at radius 1 is 1.08 bits per heavy atom. The predicted molar refractivity (Wildman–Crippen MR) is 107 cm³/mol. The summed E-state index contributed by atoms with van der Waals surface area (Å²) in [6, 6.07) is 11.5. The number of carbonyl (C=O) groups is 1. The number of halogens is 2. The van der Waals surface area contributed by atoms with Crippen molar-refractivity contribution < 1.29 is 9.53 Å². The van der Waals surface area contributed by atoms with E-state index < -0.39 is 0 Å². The molecule has 2 aromatic rings. The van der Waals surface area contributed by atoms with Crippen molar-refractivity contribution in [1.82, 2.24) is 5.32 Å². The zero-order valence-corrected chi connectivity index (χ0v) is 16.6. The summed E-state index contributed by atoms with van der Waals surface area (Å²) in [5, 5.41) is 3.98. The van der Waals surface area contributed by atoms with Crippen molar-refractivity contribution in [2.24, 2.45) is 0 Å². The van der Waals surface area contributed by atoms with Crippen LogP contribution in [-0.2, 0) is 10.5 Å². The van der Waals surface area contributed by atoms with Gasteiger partial charge in [-0.2, -0.15) is 11.8 Å². The van der Waals surface area contributed by atoms with Gasteiger partial charge < -0.3 is 10.1 Å². The fourth-order valence-corrected chi connectivity index (χ4v) is 3.42. The van der Waals surface area contributed by atoms with Gasteiger partial charge in [0.1, 0.15) is 5.75 Å². The van der Waals surface area contributed by atoms with Crippen LogP contribution in [0.3, 0.4) is 0 Å². The molecule has 0 unspecified atom stereocenters. The van der Waals surface area contributed by atoms with Crippen LogP contribution >= 0.6 is 35.0 Å². The van der Waals surface area contributed by atoms with Gasteiger partial charge in [-0.15, -0.1) is 0 Å². The van der Waals surface area contributed by atoms with E-state index in [1.807, 2.05) is 38.1 Å². The van der Waals surface area contributed by atoms with Crippen LogP contribution in [0.25, 0.3) is 0 Å². The highest BCUT2D eigenvalue weighted by Gasteiger charge is 2.04. The van der Waals surface area contributed by atoms with E-state index in [1.54, 1.807) is 17.8 Å². The molecule has 3 nitrogen and oxygen atoms in total. The van der Waals surface area contributed by atoms with Gasteiger partial charge in [-0.3, -0.25) is 4.79 Å². The maximum absolute atomic E-state index is 11.8. The Bertz CT molecular complexity index is 717. The Hall–Kier alpha value is -1.36. The summed E-state index contributed by atoms with van der Waals surface area (Å²) < 4.78 is 5.53. The molecule has 1 N–H and O–H groups in total. The van der Waals surface area contributed by atoms with Crippen molar-refractivity contribution in [3.05, 3.63) is 63.1 Å². The van der Waals surface area contributed by atoms with Crippen LogP contribution in [-0.4, -0.2) is 24.8 Å². The summed E-state index contributed by atoms with van der Waals surface area (Å²) >= 11 is 13.6. The summed E-state index contributed by atoms with van der Waals surface area (Å²) in [5.74, 6) is 2.25. The van der Waals surface area contributed by atoms with E-state index in [0.29, 0.717) is 16.6 Å². The largest absolute Gasteiger partial charge is 0.484 e. The zero-order chi connectivity index (χ0) is 18.2. The number of benzene rings is 2. The molecule has 2 aromatic carbocycles. The van der Waals surface area contributed by atoms with Crippen LogP contribution in [0.4, 0.5) is 0 Å². The van der Waals surface area contributed by atoms with Crippen LogP contribution in [0, 0.1) is 13.8 Å². The lowest BCUT2D eigenvalue weighted by molar-refractivity contribution is -0.122. The lowest BCUT2D eigenvalue weighted by Crippen LogP contribution is -2.30. The van der Waals surface area contributed by atoms with Gasteiger partial charge in [-0.05, 0) is 54.8 Å². The molecule has 0 aromatic heterocycles. The molecule has 0 aliphatic carbocycles. The number of ether oxygens (including phenoxy) is 1. The molecule has 0 radical (unpaired) electrons. The van der Waals surface area contributed by atoms with Crippen molar-refractivity contribution in [3.63, 3.8) is 0 Å². The minimum atomic E-state index is -0.116. The third kappa shape index (κ3) is 7.18. The first-order valence-electron chi connectivity index (χ1n) is 7.93. The molecule has 0 aliphatic heterocycles. The molecular weight excluding hydrogens is 377 g/mol. The Morgan fingerprint density at radius 3 is 2.48 bits per heavy atom. The normalized spacial score (nSPS) is 10.6. The first-order valence-corrected chi connectivity index (χ1v) is 9.84. The standard InChI is InChI=1S/C19H21Cl2NO2S/c1-13-7-14(2)9-16(8-13)24-11-19(23)22-5-6-25-12-15-3-4-17(20)18(21)10-15/h3-4,7-10H,5-6,11-12H2,1-2H3,(H,22,23). The second-order valence-corrected chi connectivity index (χ2v) is 7.68. The van der Waals surface area contributed by atoms with Crippen LogP contribution < -0.4 is 10.1 Å². The second kappa shape index (κ2) is 9.95. The molecule has 0 spiro atoms. The summed E-state index contributed by atoms with van der Waals surface area (Å²) in [4.78, 5) is 11.8. The van der Waals surface area contributed by atoms with Gasteiger partial charge in [0.2, 0.25) is 0 Å². The maximum Gasteiger partial charge on any atom is 0.257 e. The number of hydrogen-bond acceptors (Lipinski definition) is 3. The summed E-state index contributed by atoms with van der Waals surface area (Å²) in [6.45, 7) is 4.64. The SMILES string of the molecule is Cc1cc(C)cc(OCC(=O)NCCSCc2ccc(Cl)c(Cl)c2)c1. The number of thioether (sulfide) groups is 1. The van der Waals surface area contributed by atoms with Crippen molar-refractivity contribution in [2.45, 2.75) is 19.6 Å². The van der Waals surface area contributed by atoms with Crippen LogP contribution in [0.1, 0.15) is 16.7 Å². The number of amides is 1. The van der Waals surface area contributed by atoms with Crippen LogP contribution in [0.15, 0.2) is 36.4 Å². The predicted octanol–water partition coefficient (Wildman–Crippen LogP) is 5.04. The van der Waals surface area contributed by atoms with E-state index in [4.69, 9.17) is 27.9 Å². The van der Waals surface area contributed by atoms with Crippen molar-refractivity contribution in [2.75, 3.05) is 18.9 Å². The molecule has 2 rings (SSSR count). The minimum Gasteiger partial charge on any atom is -0.484 e. The van der Waals surface area contributed by atoms with Gasteiger partial charge in [0.25, 0.3) is 5.91 Å². The number of nitrogens with one attached hydrogen (secondary N) is 1. The molecule has 25 heavy (non-hydrogen) atoms. The molecule has 0 saturated carbocycles. The monoisotopic (exact) mass is 397 g/mol. The van der Waals surface area contributed by atoms with Gasteiger partial charge in [0.05, 0.1) is 10.0 Å². The lowest BCUT2D eigenvalue weighted by atomic mass is 10.1. The quantitative estimate of drug-likeness (QED) is 0.634. The summed E-state index contributed by atoms with van der Waals surface area (Å²) in [6.07, 6.45) is 0. The van der Waals surface area contributed by atoms with E-state index in [-0.39, 0.29) is 12.5 Å². The number of aryl methyl sites for hydroxylation is 2. The highest BCUT2D eigenvalue weighted by molar-refractivity contribution is 7.98. The third-order valence-corrected chi connectivity index (χ3v) is 5.16. The number of rotatable bonds is 8. The Morgan fingerprint density at radius 2 is 1.80 bits per heavy atom. The highest BCUT2D eigenvalue weighted by atomic mass is 35.5. The molecule has 0 atom stereocenters. The lowest BCUT2D eigenvalue weighted by Gasteiger charge is -2.09. The Kier molecular flexibility index (Phi) is 7.94. The average molecular weight is 398 g/mol. The molecule has 6 heteroatoms. The maximum atomic E-state index is 11.8. The summed E-state index contributed by atoms with van der Waals surface area (Å²) in [5.41, 5.74) is 3.35. The van der Waals surface area contributed by atoms with Gasteiger partial charge in [0.15, 0.2) is 6.61 Å². The molecule has 0 aliphatic rings. The van der Waals surface area contributed by atoms with E-state index in [2.05, 4.69) is 11.4 Å². The van der Waals surface area contributed by atoms with Crippen LogP contribution in [0.2, 0.25) is 10.0 Å². The second-order valence-electron chi connectivity index (χ2n) is 5.76. The highest BCUT2D eigenvalue weighted by Crippen LogP contribution is 2.24. The first-order chi connectivity index (χ1) is 11.9. The molecule has 0 saturated heterocycles. The third-order valence-electron chi connectivity index (χ3n) is 3.39. The van der Waals surface area contributed by atoms with Gasteiger partial charge in [-0.1, -0.05) is 35.3 Å². The van der Waals surface area contributed by atoms with Crippen molar-refractivity contribution >= 4 is 40.9 Å². The van der Waals surface area contributed by atoms with Gasteiger partial charge >= 0.3 is 0 Å². The van der Waals surface area contributed by atoms with E-state index in [9.17, 15) is 4.79 Å². The Balaban J connectivity index is 1.62. The molecule has 0 fully saturated rings. The zero-order valence-electron chi connectivity index (χ0n) is 14.3.